The van der Waals surface area contributed by atoms with E-state index in [0.717, 1.165) is 24.0 Å². The van der Waals surface area contributed by atoms with Crippen LogP contribution >= 0.6 is 0 Å². The van der Waals surface area contributed by atoms with Gasteiger partial charge in [0.2, 0.25) is 14.4 Å². The van der Waals surface area contributed by atoms with Gasteiger partial charge < -0.3 is 13.9 Å². The number of ether oxygens (including phenoxy) is 2. The predicted molar refractivity (Wildman–Crippen MR) is 128 cm³/mol. The zero-order valence-electron chi connectivity index (χ0n) is 20.8. The van der Waals surface area contributed by atoms with Crippen LogP contribution in [-0.2, 0) is 19.1 Å². The number of rotatable bonds is 5. The van der Waals surface area contributed by atoms with Crippen LogP contribution in [0.2, 0.25) is 19.6 Å². The number of hydrogen-bond donors (Lipinski definition) is 0. The first-order chi connectivity index (χ1) is 15.8. The molecule has 2 saturated carbocycles. The smallest absolute Gasteiger partial charge is 0.303 e. The molecule has 0 heterocycles. The third-order valence-corrected chi connectivity index (χ3v) is 8.80. The van der Waals surface area contributed by atoms with Crippen molar-refractivity contribution in [3.05, 3.63) is 39.4 Å². The lowest BCUT2D eigenvalue weighted by atomic mass is 9.54. The first kappa shape index (κ1) is 24.7. The topological polar surface area (TPSA) is 105 Å². The van der Waals surface area contributed by atoms with E-state index in [1.165, 1.54) is 13.8 Å². The van der Waals surface area contributed by atoms with Crippen LogP contribution in [0.15, 0.2) is 18.2 Å². The Labute approximate surface area is 201 Å². The second kappa shape index (κ2) is 8.66. The fourth-order valence-electron chi connectivity index (χ4n) is 6.84. The van der Waals surface area contributed by atoms with Crippen molar-refractivity contribution in [3.8, 4) is 5.75 Å². The maximum atomic E-state index is 12.2. The van der Waals surface area contributed by atoms with Crippen LogP contribution in [0.1, 0.15) is 69.5 Å². The Hall–Kier alpha value is -2.42. The van der Waals surface area contributed by atoms with Gasteiger partial charge in [-0.25, -0.2) is 0 Å². The number of esters is 2. The summed E-state index contributed by atoms with van der Waals surface area (Å²) in [6.45, 7) is 11.1. The molecule has 34 heavy (non-hydrogen) atoms. The Morgan fingerprint density at radius 2 is 1.76 bits per heavy atom. The zero-order chi connectivity index (χ0) is 25.0. The number of carbonyl (C=O) groups is 2. The SMILES string of the molecule is CC(=O)O[C@@H]1C[C@H]2[C@@H]3CC([N+](=O)[O-])c4cc(O[Si](C)(C)C)ccc4[C@H]3CC[C@]2(C)[C@H]1OC(C)=O. The minimum atomic E-state index is -1.85. The molecular weight excluding hydrogens is 454 g/mol. The molecule has 4 rings (SSSR count). The van der Waals surface area contributed by atoms with Gasteiger partial charge in [-0.1, -0.05) is 13.0 Å². The summed E-state index contributed by atoms with van der Waals surface area (Å²) in [5.74, 6) is 0.164. The summed E-state index contributed by atoms with van der Waals surface area (Å²) in [6.07, 6.45) is 1.53. The average molecular weight is 490 g/mol. The molecule has 1 aromatic rings. The first-order valence-corrected chi connectivity index (χ1v) is 15.5. The maximum absolute atomic E-state index is 12.2. The lowest BCUT2D eigenvalue weighted by Crippen LogP contribution is -2.47. The van der Waals surface area contributed by atoms with Gasteiger partial charge in [0.25, 0.3) is 0 Å². The summed E-state index contributed by atoms with van der Waals surface area (Å²) in [5, 5.41) is 12.2. The third-order valence-electron chi connectivity index (χ3n) is 7.95. The fourth-order valence-corrected chi connectivity index (χ4v) is 7.67. The molecule has 9 heteroatoms. The lowest BCUT2D eigenvalue weighted by molar-refractivity contribution is -0.533. The maximum Gasteiger partial charge on any atom is 0.303 e. The molecule has 186 valence electrons. The van der Waals surface area contributed by atoms with Crippen molar-refractivity contribution < 1.29 is 28.4 Å². The molecule has 1 aromatic carbocycles. The molecular formula is C25H35NO7Si. The second-order valence-electron chi connectivity index (χ2n) is 11.4. The van der Waals surface area contributed by atoms with E-state index in [4.69, 9.17) is 13.9 Å². The van der Waals surface area contributed by atoms with E-state index >= 15 is 0 Å². The largest absolute Gasteiger partial charge is 0.544 e. The van der Waals surface area contributed by atoms with Crippen LogP contribution in [0.5, 0.6) is 5.75 Å². The van der Waals surface area contributed by atoms with Gasteiger partial charge >= 0.3 is 11.9 Å². The van der Waals surface area contributed by atoms with Crippen LogP contribution in [0.4, 0.5) is 0 Å². The van der Waals surface area contributed by atoms with Gasteiger partial charge in [0.05, 0.1) is 0 Å². The summed E-state index contributed by atoms with van der Waals surface area (Å²) in [6, 6.07) is 5.03. The summed E-state index contributed by atoms with van der Waals surface area (Å²) >= 11 is 0. The predicted octanol–water partition coefficient (Wildman–Crippen LogP) is 5.01. The van der Waals surface area contributed by atoms with Gasteiger partial charge in [0.15, 0.2) is 0 Å². The number of benzene rings is 1. The average Bonchev–Trinajstić information content (AvgIpc) is 2.96. The van der Waals surface area contributed by atoms with E-state index in [0.29, 0.717) is 18.6 Å². The van der Waals surface area contributed by atoms with E-state index in [1.54, 1.807) is 0 Å². The van der Waals surface area contributed by atoms with Crippen molar-refractivity contribution in [2.45, 2.75) is 90.3 Å². The highest BCUT2D eigenvalue weighted by atomic mass is 28.4. The quantitative estimate of drug-likeness (QED) is 0.248. The molecule has 0 saturated heterocycles. The summed E-state index contributed by atoms with van der Waals surface area (Å²) in [5.41, 5.74) is 1.39. The van der Waals surface area contributed by atoms with Gasteiger partial charge in [-0.05, 0) is 74.4 Å². The summed E-state index contributed by atoms with van der Waals surface area (Å²) < 4.78 is 17.5. The molecule has 2 fully saturated rings. The van der Waals surface area contributed by atoms with E-state index in [9.17, 15) is 19.7 Å². The number of fused-ring (bicyclic) bond motifs is 5. The second-order valence-corrected chi connectivity index (χ2v) is 15.8. The van der Waals surface area contributed by atoms with Gasteiger partial charge in [-0.15, -0.1) is 0 Å². The highest BCUT2D eigenvalue weighted by molar-refractivity contribution is 6.70. The number of hydrogen-bond acceptors (Lipinski definition) is 7. The van der Waals surface area contributed by atoms with Gasteiger partial charge in [0, 0.05) is 36.2 Å². The van der Waals surface area contributed by atoms with Crippen LogP contribution in [0.25, 0.3) is 0 Å². The minimum Gasteiger partial charge on any atom is -0.544 e. The minimum absolute atomic E-state index is 0.0454. The molecule has 0 radical (unpaired) electrons. The molecule has 7 atom stereocenters. The first-order valence-electron chi connectivity index (χ1n) is 12.1. The van der Waals surface area contributed by atoms with E-state index in [2.05, 4.69) is 26.6 Å². The van der Waals surface area contributed by atoms with Crippen molar-refractivity contribution in [1.82, 2.24) is 0 Å². The number of nitrogens with zero attached hydrogens (tertiary/aromatic N) is 1. The van der Waals surface area contributed by atoms with Crippen LogP contribution in [0, 0.1) is 27.4 Å². The Kier molecular flexibility index (Phi) is 6.29. The highest BCUT2D eigenvalue weighted by Crippen LogP contribution is 2.63. The van der Waals surface area contributed by atoms with Crippen LogP contribution in [0.3, 0.4) is 0 Å². The molecule has 3 aliphatic carbocycles. The van der Waals surface area contributed by atoms with Gasteiger partial charge in [-0.3, -0.25) is 19.7 Å². The van der Waals surface area contributed by atoms with Crippen molar-refractivity contribution in [2.24, 2.45) is 17.3 Å². The molecule has 0 bridgehead atoms. The van der Waals surface area contributed by atoms with Crippen molar-refractivity contribution in [2.75, 3.05) is 0 Å². The highest BCUT2D eigenvalue weighted by Gasteiger charge is 2.62. The standard InChI is InChI=1S/C25H35NO7Si/c1-14(27)31-23-13-21-19-12-22(26(29)30)20-11-16(33-34(4,5)6)7-8-17(20)18(19)9-10-25(21,3)24(23)32-15(2)28/h7-8,11,18-19,21-24H,9-10,12-13H2,1-6H3/t18-,19-,21+,22?,23-,24+,25+/m1/s1. The Morgan fingerprint density at radius 3 is 2.35 bits per heavy atom. The number of carbonyl (C=O) groups excluding carboxylic acids is 2. The summed E-state index contributed by atoms with van der Waals surface area (Å²) in [4.78, 5) is 35.7. The zero-order valence-corrected chi connectivity index (χ0v) is 21.8. The Bertz CT molecular complexity index is 1010. The molecule has 0 amide bonds. The van der Waals surface area contributed by atoms with E-state index in [1.807, 2.05) is 18.2 Å². The monoisotopic (exact) mass is 489 g/mol. The van der Waals surface area contributed by atoms with Crippen LogP contribution < -0.4 is 4.43 Å². The van der Waals surface area contributed by atoms with Gasteiger partial charge in [0.1, 0.15) is 18.0 Å². The molecule has 0 N–H and O–H groups in total. The van der Waals surface area contributed by atoms with Crippen LogP contribution in [-0.4, -0.2) is 37.4 Å². The van der Waals surface area contributed by atoms with Crippen molar-refractivity contribution in [3.63, 3.8) is 0 Å². The molecule has 0 spiro atoms. The Balaban J connectivity index is 1.72. The van der Waals surface area contributed by atoms with E-state index < -0.39 is 43.9 Å². The fraction of sp³-hybridized carbons (Fsp3) is 0.680. The molecule has 8 nitrogen and oxygen atoms in total. The molecule has 0 aromatic heterocycles. The lowest BCUT2D eigenvalue weighted by Gasteiger charge is -2.50. The van der Waals surface area contributed by atoms with Crippen molar-refractivity contribution in [1.29, 1.82) is 0 Å². The molecule has 0 aliphatic heterocycles. The Morgan fingerprint density at radius 1 is 1.09 bits per heavy atom. The normalized spacial score (nSPS) is 34.3. The van der Waals surface area contributed by atoms with E-state index in [-0.39, 0.29) is 22.7 Å². The van der Waals surface area contributed by atoms with Gasteiger partial charge in [-0.2, -0.15) is 0 Å². The summed E-state index contributed by atoms with van der Waals surface area (Å²) in [7, 11) is -1.85. The third kappa shape index (κ3) is 4.46. The molecule has 1 unspecified atom stereocenters. The number of nitro groups is 1. The molecule has 3 aliphatic rings. The van der Waals surface area contributed by atoms with Crippen molar-refractivity contribution >= 4 is 20.3 Å².